The molecular weight excluding hydrogens is 446 g/mol. The predicted octanol–water partition coefficient (Wildman–Crippen LogP) is 5.73. The van der Waals surface area contributed by atoms with Gasteiger partial charge in [-0.15, -0.1) is 11.3 Å². The molecule has 0 saturated carbocycles. The van der Waals surface area contributed by atoms with Crippen LogP contribution >= 0.6 is 22.9 Å². The third-order valence-electron chi connectivity index (χ3n) is 4.40. The van der Waals surface area contributed by atoms with Crippen LogP contribution in [0.3, 0.4) is 0 Å². The molecule has 3 aromatic rings. The van der Waals surface area contributed by atoms with Gasteiger partial charge in [0.25, 0.3) is 5.91 Å². The highest BCUT2D eigenvalue weighted by atomic mass is 35.5. The highest BCUT2D eigenvalue weighted by Gasteiger charge is 2.12. The molecule has 6 nitrogen and oxygen atoms in total. The molecular formula is C24H22ClN3O3S. The van der Waals surface area contributed by atoms with Gasteiger partial charge in [0.05, 0.1) is 10.7 Å². The monoisotopic (exact) mass is 467 g/mol. The topological polar surface area (TPSA) is 84.2 Å². The van der Waals surface area contributed by atoms with E-state index < -0.39 is 5.91 Å². The van der Waals surface area contributed by atoms with Crippen LogP contribution in [0.5, 0.6) is 11.5 Å². The lowest BCUT2D eigenvalue weighted by Gasteiger charge is -2.12. The molecule has 2 aromatic carbocycles. The van der Waals surface area contributed by atoms with Crippen LogP contribution in [0.1, 0.15) is 22.4 Å². The number of hydrogen-bond acceptors (Lipinski definition) is 6. The molecule has 164 valence electrons. The second-order valence-corrected chi connectivity index (χ2v) is 8.34. The number of carbonyl (C=O) groups excluding carboxylic acids is 1. The zero-order chi connectivity index (χ0) is 23.1. The van der Waals surface area contributed by atoms with Gasteiger partial charge < -0.3 is 9.47 Å². The summed E-state index contributed by atoms with van der Waals surface area (Å²) >= 11 is 7.62. The summed E-state index contributed by atoms with van der Waals surface area (Å²) in [4.78, 5) is 16.5. The number of ether oxygens (including phenoxy) is 2. The number of nitriles is 1. The van der Waals surface area contributed by atoms with Gasteiger partial charge in [-0.25, -0.2) is 4.98 Å². The molecule has 0 saturated heterocycles. The minimum atomic E-state index is -0.526. The summed E-state index contributed by atoms with van der Waals surface area (Å²) in [6.07, 6.45) is 1.47. The summed E-state index contributed by atoms with van der Waals surface area (Å²) in [5.74, 6) is 0.789. The first-order chi connectivity index (χ1) is 15.4. The van der Waals surface area contributed by atoms with Crippen molar-refractivity contribution >= 4 is 40.1 Å². The number of carbonyl (C=O) groups is 1. The van der Waals surface area contributed by atoms with Crippen molar-refractivity contribution in [2.75, 3.05) is 18.5 Å². The third kappa shape index (κ3) is 6.33. The maximum atomic E-state index is 12.3. The van der Waals surface area contributed by atoms with E-state index in [4.69, 9.17) is 21.1 Å². The van der Waals surface area contributed by atoms with Crippen LogP contribution in [0.15, 0.2) is 47.4 Å². The van der Waals surface area contributed by atoms with Crippen molar-refractivity contribution in [2.45, 2.75) is 20.8 Å². The van der Waals surface area contributed by atoms with Crippen LogP contribution in [-0.4, -0.2) is 24.1 Å². The first-order valence-electron chi connectivity index (χ1n) is 9.83. The van der Waals surface area contributed by atoms with E-state index in [-0.39, 0.29) is 5.57 Å². The Bertz CT molecular complexity index is 1200. The first kappa shape index (κ1) is 23.3. The lowest BCUT2D eigenvalue weighted by atomic mass is 10.1. The van der Waals surface area contributed by atoms with Crippen LogP contribution in [0.2, 0.25) is 5.02 Å². The van der Waals surface area contributed by atoms with E-state index in [0.717, 1.165) is 17.0 Å². The molecule has 0 fully saturated rings. The molecule has 0 atom stereocenters. The van der Waals surface area contributed by atoms with Crippen LogP contribution in [0.4, 0.5) is 5.13 Å². The van der Waals surface area contributed by atoms with Gasteiger partial charge in [0, 0.05) is 5.38 Å². The fraction of sp³-hybridized carbons (Fsp3) is 0.208. The summed E-state index contributed by atoms with van der Waals surface area (Å²) in [6.45, 7) is 6.56. The average molecular weight is 468 g/mol. The Morgan fingerprint density at radius 3 is 2.50 bits per heavy atom. The number of halogens is 1. The normalized spacial score (nSPS) is 11.0. The summed E-state index contributed by atoms with van der Waals surface area (Å²) in [7, 11) is 0. The van der Waals surface area contributed by atoms with E-state index in [1.807, 2.05) is 44.4 Å². The molecule has 0 aliphatic rings. The Kier molecular flexibility index (Phi) is 7.87. The summed E-state index contributed by atoms with van der Waals surface area (Å²) in [6, 6.07) is 13.0. The Morgan fingerprint density at radius 2 is 1.88 bits per heavy atom. The van der Waals surface area contributed by atoms with E-state index in [2.05, 4.69) is 16.4 Å². The summed E-state index contributed by atoms with van der Waals surface area (Å²) in [5, 5.41) is 14.6. The van der Waals surface area contributed by atoms with E-state index in [1.54, 1.807) is 18.2 Å². The van der Waals surface area contributed by atoms with E-state index >= 15 is 0 Å². The molecule has 0 spiro atoms. The molecule has 0 bridgehead atoms. The van der Waals surface area contributed by atoms with Gasteiger partial charge >= 0.3 is 0 Å². The predicted molar refractivity (Wildman–Crippen MR) is 127 cm³/mol. The van der Waals surface area contributed by atoms with E-state index in [0.29, 0.717) is 34.7 Å². The van der Waals surface area contributed by atoms with Crippen molar-refractivity contribution in [3.05, 3.63) is 74.8 Å². The highest BCUT2D eigenvalue weighted by Crippen LogP contribution is 2.27. The zero-order valence-electron chi connectivity index (χ0n) is 17.9. The highest BCUT2D eigenvalue weighted by molar-refractivity contribution is 7.13. The van der Waals surface area contributed by atoms with Gasteiger partial charge in [-0.2, -0.15) is 5.26 Å². The van der Waals surface area contributed by atoms with Crippen LogP contribution < -0.4 is 14.8 Å². The second kappa shape index (κ2) is 10.8. The van der Waals surface area contributed by atoms with Crippen LogP contribution in [0.25, 0.3) is 6.08 Å². The molecule has 0 radical (unpaired) electrons. The van der Waals surface area contributed by atoms with Gasteiger partial charge in [0.1, 0.15) is 36.4 Å². The number of nitrogens with zero attached hydrogens (tertiary/aromatic N) is 2. The number of benzene rings is 2. The lowest BCUT2D eigenvalue weighted by molar-refractivity contribution is -0.112. The van der Waals surface area contributed by atoms with Crippen molar-refractivity contribution in [3.63, 3.8) is 0 Å². The Labute approximate surface area is 196 Å². The fourth-order valence-electron chi connectivity index (χ4n) is 2.88. The Morgan fingerprint density at radius 1 is 1.16 bits per heavy atom. The maximum absolute atomic E-state index is 12.3. The number of anilines is 1. The molecule has 1 amide bonds. The molecule has 0 unspecified atom stereocenters. The summed E-state index contributed by atoms with van der Waals surface area (Å²) < 4.78 is 11.5. The zero-order valence-corrected chi connectivity index (χ0v) is 19.5. The fourth-order valence-corrected chi connectivity index (χ4v) is 3.81. The SMILES string of the molecule is Cc1ccc(OCCOc2ccc(C=C(C#N)C(=O)Nc3nc(C)cs3)cc2Cl)c(C)c1. The molecule has 3 rings (SSSR count). The van der Waals surface area contributed by atoms with Crippen LogP contribution in [-0.2, 0) is 4.79 Å². The minimum absolute atomic E-state index is 0.0514. The van der Waals surface area contributed by atoms with E-state index in [1.165, 1.54) is 23.0 Å². The first-order valence-corrected chi connectivity index (χ1v) is 11.1. The van der Waals surface area contributed by atoms with Gasteiger partial charge in [0.15, 0.2) is 5.13 Å². The number of amides is 1. The third-order valence-corrected chi connectivity index (χ3v) is 5.57. The largest absolute Gasteiger partial charge is 0.490 e. The van der Waals surface area contributed by atoms with Gasteiger partial charge in [0.2, 0.25) is 0 Å². The van der Waals surface area contributed by atoms with Gasteiger partial charge in [-0.1, -0.05) is 35.4 Å². The molecule has 8 heteroatoms. The van der Waals surface area contributed by atoms with Crippen molar-refractivity contribution in [2.24, 2.45) is 0 Å². The number of hydrogen-bond donors (Lipinski definition) is 1. The molecule has 0 aliphatic heterocycles. The number of nitrogens with one attached hydrogen (secondary N) is 1. The molecule has 32 heavy (non-hydrogen) atoms. The Balaban J connectivity index is 1.58. The van der Waals surface area contributed by atoms with Crippen molar-refractivity contribution in [1.29, 1.82) is 5.26 Å². The number of thiazole rings is 1. The molecule has 1 aromatic heterocycles. The van der Waals surface area contributed by atoms with Crippen LogP contribution in [0, 0.1) is 32.1 Å². The maximum Gasteiger partial charge on any atom is 0.268 e. The quantitative estimate of drug-likeness (QED) is 0.260. The smallest absolute Gasteiger partial charge is 0.268 e. The molecule has 1 heterocycles. The number of aromatic nitrogens is 1. The van der Waals surface area contributed by atoms with Crippen molar-refractivity contribution < 1.29 is 14.3 Å². The average Bonchev–Trinajstić information content (AvgIpc) is 3.16. The molecule has 0 aliphatic carbocycles. The number of aryl methyl sites for hydroxylation is 3. The Hall–Kier alpha value is -3.34. The minimum Gasteiger partial charge on any atom is -0.490 e. The van der Waals surface area contributed by atoms with Crippen molar-refractivity contribution in [1.82, 2.24) is 4.98 Å². The van der Waals surface area contributed by atoms with Crippen molar-refractivity contribution in [3.8, 4) is 17.6 Å². The second-order valence-electron chi connectivity index (χ2n) is 7.07. The summed E-state index contributed by atoms with van der Waals surface area (Å²) in [5.41, 5.74) is 3.61. The molecule has 1 N–H and O–H groups in total. The standard InChI is InChI=1S/C24H22ClN3O3S/c1-15-4-6-21(16(2)10-15)30-8-9-31-22-7-5-18(12-20(22)25)11-19(13-26)23(29)28-24-27-17(3)14-32-24/h4-7,10-12,14H,8-9H2,1-3H3,(H,27,28,29). The number of rotatable bonds is 8. The van der Waals surface area contributed by atoms with Gasteiger partial charge in [-0.3, -0.25) is 10.1 Å². The van der Waals surface area contributed by atoms with Gasteiger partial charge in [-0.05, 0) is 56.2 Å². The van der Waals surface area contributed by atoms with E-state index in [9.17, 15) is 10.1 Å². The lowest BCUT2D eigenvalue weighted by Crippen LogP contribution is -2.13.